The fourth-order valence-corrected chi connectivity index (χ4v) is 1.37. The van der Waals surface area contributed by atoms with Crippen molar-refractivity contribution in [3.8, 4) is 11.5 Å². The average Bonchev–Trinajstić information content (AvgIpc) is 2.40. The van der Waals surface area contributed by atoms with E-state index in [9.17, 15) is 0 Å². The zero-order chi connectivity index (χ0) is 13.2. The van der Waals surface area contributed by atoms with E-state index in [2.05, 4.69) is 19.6 Å². The summed E-state index contributed by atoms with van der Waals surface area (Å²) in [6, 6.07) is 7.74. The van der Waals surface area contributed by atoms with E-state index < -0.39 is 0 Å². The molecule has 1 aromatic rings. The molecular weight excluding hydrogens is 224 g/mol. The molecule has 18 heavy (non-hydrogen) atoms. The van der Waals surface area contributed by atoms with Crippen molar-refractivity contribution in [1.29, 1.82) is 0 Å². The van der Waals surface area contributed by atoms with E-state index in [1.54, 1.807) is 0 Å². The van der Waals surface area contributed by atoms with Crippen LogP contribution in [0.3, 0.4) is 0 Å². The fraction of sp³-hybridized carbons (Fsp3) is 0.375. The van der Waals surface area contributed by atoms with Crippen LogP contribution in [0.25, 0.3) is 0 Å². The average molecular weight is 246 g/mol. The molecule has 0 bridgehead atoms. The minimum atomic E-state index is 0.671. The van der Waals surface area contributed by atoms with Gasteiger partial charge in [-0.1, -0.05) is 17.7 Å². The Bertz CT molecular complexity index is 377. The van der Waals surface area contributed by atoms with Gasteiger partial charge in [-0.15, -0.1) is 6.58 Å². The van der Waals surface area contributed by atoms with Crippen molar-refractivity contribution in [3.05, 3.63) is 48.6 Å². The maximum atomic E-state index is 5.65. The highest BCUT2D eigenvalue weighted by Crippen LogP contribution is 2.18. The van der Waals surface area contributed by atoms with Gasteiger partial charge in [0.05, 0.1) is 13.2 Å². The van der Waals surface area contributed by atoms with Gasteiger partial charge in [0.15, 0.2) is 0 Å². The lowest BCUT2D eigenvalue weighted by atomic mass is 10.2. The Labute approximate surface area is 110 Å². The van der Waals surface area contributed by atoms with Crippen LogP contribution in [0.4, 0.5) is 0 Å². The van der Waals surface area contributed by atoms with Gasteiger partial charge < -0.3 is 9.47 Å². The van der Waals surface area contributed by atoms with Crippen molar-refractivity contribution in [2.75, 3.05) is 13.2 Å². The maximum absolute atomic E-state index is 5.65. The zero-order valence-electron chi connectivity index (χ0n) is 11.3. The summed E-state index contributed by atoms with van der Waals surface area (Å²) in [4.78, 5) is 0. The van der Waals surface area contributed by atoms with E-state index in [0.717, 1.165) is 24.3 Å². The summed E-state index contributed by atoms with van der Waals surface area (Å²) in [6.07, 6.45) is 5.79. The fourth-order valence-electron chi connectivity index (χ4n) is 1.37. The van der Waals surface area contributed by atoms with Crippen LogP contribution in [0, 0.1) is 0 Å². The number of hydrogen-bond acceptors (Lipinski definition) is 2. The molecule has 0 aromatic heterocycles. The first-order chi connectivity index (χ1) is 8.76. The molecule has 2 nitrogen and oxygen atoms in total. The third-order valence-electron chi connectivity index (χ3n) is 2.67. The predicted molar refractivity (Wildman–Crippen MR) is 76.3 cm³/mol. The number of benzene rings is 1. The van der Waals surface area contributed by atoms with Gasteiger partial charge in [-0.05, 0) is 44.5 Å². The van der Waals surface area contributed by atoms with Gasteiger partial charge in [0.25, 0.3) is 0 Å². The first-order valence-electron chi connectivity index (χ1n) is 6.34. The smallest absolute Gasteiger partial charge is 0.119 e. The Kier molecular flexibility index (Phi) is 6.70. The van der Waals surface area contributed by atoms with Crippen LogP contribution in [0.1, 0.15) is 26.7 Å². The van der Waals surface area contributed by atoms with Crippen molar-refractivity contribution in [3.63, 3.8) is 0 Å². The monoisotopic (exact) mass is 246 g/mol. The Morgan fingerprint density at radius 2 is 1.67 bits per heavy atom. The van der Waals surface area contributed by atoms with Crippen LogP contribution < -0.4 is 9.47 Å². The number of rotatable bonds is 8. The molecule has 0 saturated carbocycles. The van der Waals surface area contributed by atoms with Crippen molar-refractivity contribution in [1.82, 2.24) is 0 Å². The quantitative estimate of drug-likeness (QED) is 0.500. The standard InChI is InChI=1S/C16H22O2/c1-4-6-12-17-15-7-9-16(10-8-15)18-13-11-14(3)5-2/h4-5,7-10H,1,6,11-13H2,2-3H3. The minimum absolute atomic E-state index is 0.671. The molecule has 2 heteroatoms. The molecule has 0 aliphatic rings. The van der Waals surface area contributed by atoms with E-state index in [-0.39, 0.29) is 0 Å². The largest absolute Gasteiger partial charge is 0.493 e. The molecule has 1 aromatic carbocycles. The van der Waals surface area contributed by atoms with Gasteiger partial charge in [0, 0.05) is 6.42 Å². The molecule has 0 aliphatic carbocycles. The molecule has 0 amide bonds. The van der Waals surface area contributed by atoms with E-state index >= 15 is 0 Å². The lowest BCUT2D eigenvalue weighted by molar-refractivity contribution is 0.314. The topological polar surface area (TPSA) is 18.5 Å². The van der Waals surface area contributed by atoms with Gasteiger partial charge in [0.1, 0.15) is 11.5 Å². The molecule has 98 valence electrons. The molecule has 0 unspecified atom stereocenters. The lowest BCUT2D eigenvalue weighted by Crippen LogP contribution is -1.98. The summed E-state index contributed by atoms with van der Waals surface area (Å²) in [6.45, 7) is 9.20. The van der Waals surface area contributed by atoms with Gasteiger partial charge in [-0.2, -0.15) is 0 Å². The van der Waals surface area contributed by atoms with Crippen molar-refractivity contribution < 1.29 is 9.47 Å². The Balaban J connectivity index is 2.33. The second-order valence-electron chi connectivity index (χ2n) is 4.13. The molecule has 0 fully saturated rings. The summed E-state index contributed by atoms with van der Waals surface area (Å²) in [5.41, 5.74) is 1.35. The number of hydrogen-bond donors (Lipinski definition) is 0. The van der Waals surface area contributed by atoms with Gasteiger partial charge in [0.2, 0.25) is 0 Å². The molecule has 0 aliphatic heterocycles. The molecule has 0 heterocycles. The molecular formula is C16H22O2. The third-order valence-corrected chi connectivity index (χ3v) is 2.67. The summed E-state index contributed by atoms with van der Waals surface area (Å²) >= 11 is 0. The van der Waals surface area contributed by atoms with Gasteiger partial charge in [-0.3, -0.25) is 0 Å². The highest BCUT2D eigenvalue weighted by atomic mass is 16.5. The van der Waals surface area contributed by atoms with Gasteiger partial charge >= 0.3 is 0 Å². The van der Waals surface area contributed by atoms with Crippen LogP contribution in [0.15, 0.2) is 48.6 Å². The number of ether oxygens (including phenoxy) is 2. The van der Waals surface area contributed by atoms with E-state index in [1.807, 2.05) is 37.3 Å². The summed E-state index contributed by atoms with van der Waals surface area (Å²) in [5.74, 6) is 1.75. The second kappa shape index (κ2) is 8.40. The predicted octanol–water partition coefficient (Wildman–Crippen LogP) is 4.38. The maximum Gasteiger partial charge on any atom is 0.119 e. The molecule has 1 rings (SSSR count). The highest BCUT2D eigenvalue weighted by molar-refractivity contribution is 5.31. The van der Waals surface area contributed by atoms with Crippen LogP contribution in [0.5, 0.6) is 11.5 Å². The Morgan fingerprint density at radius 3 is 2.17 bits per heavy atom. The molecule has 0 atom stereocenters. The number of allylic oxidation sites excluding steroid dienone is 1. The van der Waals surface area contributed by atoms with Crippen LogP contribution in [-0.2, 0) is 0 Å². The molecule has 0 saturated heterocycles. The first kappa shape index (κ1) is 14.4. The normalized spacial score (nSPS) is 11.1. The van der Waals surface area contributed by atoms with Crippen LogP contribution in [0.2, 0.25) is 0 Å². The van der Waals surface area contributed by atoms with Crippen molar-refractivity contribution >= 4 is 0 Å². The SMILES string of the molecule is C=CCCOc1ccc(OCCC(C)=CC)cc1. The zero-order valence-corrected chi connectivity index (χ0v) is 11.3. The minimum Gasteiger partial charge on any atom is -0.493 e. The molecule has 0 radical (unpaired) electrons. The second-order valence-corrected chi connectivity index (χ2v) is 4.13. The lowest BCUT2D eigenvalue weighted by Gasteiger charge is -2.08. The summed E-state index contributed by atoms with van der Waals surface area (Å²) in [5, 5.41) is 0. The molecule has 0 spiro atoms. The van der Waals surface area contributed by atoms with E-state index in [4.69, 9.17) is 9.47 Å². The van der Waals surface area contributed by atoms with Crippen molar-refractivity contribution in [2.45, 2.75) is 26.7 Å². The van der Waals surface area contributed by atoms with Crippen molar-refractivity contribution in [2.24, 2.45) is 0 Å². The van der Waals surface area contributed by atoms with E-state index in [0.29, 0.717) is 13.2 Å². The van der Waals surface area contributed by atoms with E-state index in [1.165, 1.54) is 5.57 Å². The third kappa shape index (κ3) is 5.58. The van der Waals surface area contributed by atoms with Crippen LogP contribution >= 0.6 is 0 Å². The molecule has 0 N–H and O–H groups in total. The highest BCUT2D eigenvalue weighted by Gasteiger charge is 1.96. The first-order valence-corrected chi connectivity index (χ1v) is 6.34. The Morgan fingerprint density at radius 1 is 1.11 bits per heavy atom. The Hall–Kier alpha value is -1.70. The summed E-state index contributed by atoms with van der Waals surface area (Å²) in [7, 11) is 0. The summed E-state index contributed by atoms with van der Waals surface area (Å²) < 4.78 is 11.2. The van der Waals surface area contributed by atoms with Gasteiger partial charge in [-0.25, -0.2) is 0 Å². The van der Waals surface area contributed by atoms with Crippen LogP contribution in [-0.4, -0.2) is 13.2 Å².